The van der Waals surface area contributed by atoms with E-state index in [1.807, 2.05) is 31.2 Å². The molecule has 2 N–H and O–H groups in total. The number of nitrogens with one attached hydrogen (secondary N) is 2. The Morgan fingerprint density at radius 2 is 1.76 bits per heavy atom. The number of anilines is 2. The van der Waals surface area contributed by atoms with Crippen LogP contribution in [0.2, 0.25) is 0 Å². The molecule has 234 valence electrons. The van der Waals surface area contributed by atoms with Crippen LogP contribution in [0, 0.1) is 12.7 Å². The maximum Gasteiger partial charge on any atom is 0.232 e. The van der Waals surface area contributed by atoms with Crippen molar-refractivity contribution in [1.29, 1.82) is 0 Å². The fourth-order valence-electron chi connectivity index (χ4n) is 5.23. The number of hydrogen-bond donors (Lipinski definition) is 2. The van der Waals surface area contributed by atoms with Crippen molar-refractivity contribution >= 4 is 22.7 Å². The van der Waals surface area contributed by atoms with Crippen LogP contribution in [0.15, 0.2) is 67.0 Å². The van der Waals surface area contributed by atoms with Gasteiger partial charge in [-0.15, -0.1) is 0 Å². The second kappa shape index (κ2) is 14.0. The summed E-state index contributed by atoms with van der Waals surface area (Å²) in [5, 5.41) is 3.87. The molecule has 0 bridgehead atoms. The number of aromatic nitrogens is 4. The highest BCUT2D eigenvalue weighted by Crippen LogP contribution is 2.37. The molecule has 0 radical (unpaired) electrons. The molecule has 5 aromatic rings. The second-order valence-electron chi connectivity index (χ2n) is 11.3. The van der Waals surface area contributed by atoms with Crippen LogP contribution in [-0.2, 0) is 17.9 Å². The molecule has 0 spiro atoms. The maximum absolute atomic E-state index is 15.5. The highest BCUT2D eigenvalue weighted by Gasteiger charge is 2.20. The van der Waals surface area contributed by atoms with Gasteiger partial charge in [0, 0.05) is 75.1 Å². The van der Waals surface area contributed by atoms with Gasteiger partial charge in [0.15, 0.2) is 0 Å². The second-order valence-corrected chi connectivity index (χ2v) is 11.3. The number of hydrogen-bond acceptors (Lipinski definition) is 9. The Morgan fingerprint density at radius 1 is 0.933 bits per heavy atom. The van der Waals surface area contributed by atoms with Gasteiger partial charge in [-0.05, 0) is 55.4 Å². The number of halogens is 1. The van der Waals surface area contributed by atoms with Crippen molar-refractivity contribution in [3.05, 3.63) is 89.6 Å². The molecular weight excluding hydrogens is 573 g/mol. The third kappa shape index (κ3) is 7.56. The zero-order valence-electron chi connectivity index (χ0n) is 25.8. The van der Waals surface area contributed by atoms with Crippen LogP contribution >= 0.6 is 0 Å². The maximum atomic E-state index is 15.5. The first-order chi connectivity index (χ1) is 21.9. The molecule has 6 rings (SSSR count). The van der Waals surface area contributed by atoms with Crippen LogP contribution in [0.5, 0.6) is 11.6 Å². The highest BCUT2D eigenvalue weighted by molar-refractivity contribution is 5.98. The Hall–Kier alpha value is -4.58. The third-order valence-electron chi connectivity index (χ3n) is 7.83. The van der Waals surface area contributed by atoms with Gasteiger partial charge in [0.2, 0.25) is 11.8 Å². The molecule has 2 aromatic carbocycles. The lowest BCUT2D eigenvalue weighted by molar-refractivity contribution is 0.144. The van der Waals surface area contributed by atoms with Crippen molar-refractivity contribution in [3.8, 4) is 22.8 Å². The van der Waals surface area contributed by atoms with Crippen molar-refractivity contribution < 1.29 is 18.6 Å². The monoisotopic (exact) mass is 611 g/mol. The van der Waals surface area contributed by atoms with Gasteiger partial charge >= 0.3 is 0 Å². The molecule has 0 unspecified atom stereocenters. The smallest absolute Gasteiger partial charge is 0.232 e. The van der Waals surface area contributed by atoms with Gasteiger partial charge in [-0.25, -0.2) is 4.39 Å². The lowest BCUT2D eigenvalue weighted by atomic mass is 10.1. The summed E-state index contributed by atoms with van der Waals surface area (Å²) in [5.41, 5.74) is 5.42. The molecule has 1 aliphatic rings. The van der Waals surface area contributed by atoms with Gasteiger partial charge in [0.05, 0.1) is 17.7 Å². The largest absolute Gasteiger partial charge is 0.487 e. The number of aryl methyl sites for hydroxylation is 1. The summed E-state index contributed by atoms with van der Waals surface area (Å²) in [4.78, 5) is 21.7. The molecule has 0 amide bonds. The van der Waals surface area contributed by atoms with Crippen molar-refractivity contribution in [2.75, 3.05) is 58.9 Å². The van der Waals surface area contributed by atoms with E-state index in [9.17, 15) is 0 Å². The Morgan fingerprint density at radius 3 is 2.49 bits per heavy atom. The molecule has 1 saturated heterocycles. The normalized spacial score (nSPS) is 14.1. The van der Waals surface area contributed by atoms with E-state index < -0.39 is 5.82 Å². The first-order valence-electron chi connectivity index (χ1n) is 15.1. The molecule has 10 nitrogen and oxygen atoms in total. The summed E-state index contributed by atoms with van der Waals surface area (Å²) < 4.78 is 32.5. The minimum Gasteiger partial charge on any atom is -0.487 e. The van der Waals surface area contributed by atoms with Gasteiger partial charge in [0.25, 0.3) is 0 Å². The number of pyridine rings is 1. The number of nitrogens with zero attached hydrogens (tertiary/aromatic N) is 5. The third-order valence-corrected chi connectivity index (χ3v) is 7.83. The van der Waals surface area contributed by atoms with Crippen LogP contribution in [0.1, 0.15) is 16.8 Å². The van der Waals surface area contributed by atoms with E-state index in [1.54, 1.807) is 31.6 Å². The average Bonchev–Trinajstić information content (AvgIpc) is 3.47. The first-order valence-corrected chi connectivity index (χ1v) is 15.1. The average molecular weight is 612 g/mol. The lowest BCUT2D eigenvalue weighted by Crippen LogP contribution is -2.43. The quantitative estimate of drug-likeness (QED) is 0.176. The Labute approximate surface area is 262 Å². The molecule has 0 saturated carbocycles. The zero-order valence-corrected chi connectivity index (χ0v) is 25.8. The molecular formula is C34H38FN7O3. The number of ether oxygens (including phenoxy) is 3. The molecule has 4 heterocycles. The summed E-state index contributed by atoms with van der Waals surface area (Å²) >= 11 is 0. The van der Waals surface area contributed by atoms with Crippen LogP contribution in [-0.4, -0.2) is 83.3 Å². The van der Waals surface area contributed by atoms with E-state index in [1.165, 1.54) is 11.6 Å². The number of H-pyrrole nitrogens is 1. The van der Waals surface area contributed by atoms with Crippen LogP contribution in [0.25, 0.3) is 22.2 Å². The van der Waals surface area contributed by atoms with Crippen LogP contribution in [0.3, 0.4) is 0 Å². The van der Waals surface area contributed by atoms with Crippen LogP contribution < -0.4 is 14.8 Å². The van der Waals surface area contributed by atoms with E-state index in [-0.39, 0.29) is 13.2 Å². The standard InChI is InChI=1S/C34H38FN7O3/c1-23-4-7-26(36-19-23)22-45-27-10-11-28(30(35)18-27)29-20-37-32-31(29)33(44-17-16-43-3)40-34(39-32)38-25-8-5-24(6-9-25)21-42-14-12-41(2)13-15-42/h4-11,18-20H,12-17,21-22H2,1-3H3,(H2,37,38,39,40). The zero-order chi connectivity index (χ0) is 31.2. The number of benzene rings is 2. The Bertz CT molecular complexity index is 1720. The summed E-state index contributed by atoms with van der Waals surface area (Å²) in [6.45, 7) is 8.11. The lowest BCUT2D eigenvalue weighted by Gasteiger charge is -2.32. The predicted molar refractivity (Wildman–Crippen MR) is 172 cm³/mol. The summed E-state index contributed by atoms with van der Waals surface area (Å²) in [6.07, 6.45) is 3.50. The topological polar surface area (TPSA) is 101 Å². The van der Waals surface area contributed by atoms with Gasteiger partial charge in [-0.2, -0.15) is 9.97 Å². The highest BCUT2D eigenvalue weighted by atomic mass is 19.1. The first kappa shape index (κ1) is 30.4. The molecule has 1 aliphatic heterocycles. The molecule has 0 aliphatic carbocycles. The number of methoxy groups -OCH3 is 1. The van der Waals surface area contributed by atoms with E-state index in [0.717, 1.165) is 49.7 Å². The van der Waals surface area contributed by atoms with Gasteiger partial charge < -0.3 is 29.4 Å². The van der Waals surface area contributed by atoms with E-state index in [4.69, 9.17) is 14.2 Å². The Kier molecular flexibility index (Phi) is 9.49. The number of rotatable bonds is 12. The fourth-order valence-corrected chi connectivity index (χ4v) is 5.23. The number of fused-ring (bicyclic) bond motifs is 1. The number of likely N-dealkylation sites (N-methyl/N-ethyl adjacent to an activating group) is 1. The molecule has 45 heavy (non-hydrogen) atoms. The van der Waals surface area contributed by atoms with Crippen molar-refractivity contribution in [1.82, 2.24) is 29.7 Å². The van der Waals surface area contributed by atoms with Crippen molar-refractivity contribution in [2.45, 2.75) is 20.1 Å². The van der Waals surface area contributed by atoms with Gasteiger partial charge in [0.1, 0.15) is 30.4 Å². The Balaban J connectivity index is 1.20. The summed E-state index contributed by atoms with van der Waals surface area (Å²) in [5.74, 6) is 0.663. The van der Waals surface area contributed by atoms with Gasteiger partial charge in [-0.1, -0.05) is 18.2 Å². The van der Waals surface area contributed by atoms with E-state index >= 15 is 4.39 Å². The predicted octanol–water partition coefficient (Wildman–Crippen LogP) is 5.56. The summed E-state index contributed by atoms with van der Waals surface area (Å²) in [7, 11) is 3.77. The van der Waals surface area contributed by atoms with Crippen molar-refractivity contribution in [2.24, 2.45) is 0 Å². The minimum absolute atomic E-state index is 0.242. The summed E-state index contributed by atoms with van der Waals surface area (Å²) in [6, 6.07) is 16.9. The number of aromatic amines is 1. The molecule has 0 atom stereocenters. The minimum atomic E-state index is -0.438. The van der Waals surface area contributed by atoms with E-state index in [0.29, 0.717) is 46.3 Å². The van der Waals surface area contributed by atoms with Crippen molar-refractivity contribution in [3.63, 3.8) is 0 Å². The molecule has 11 heteroatoms. The van der Waals surface area contributed by atoms with E-state index in [2.05, 4.69) is 54.2 Å². The SMILES string of the molecule is COCCOc1nc(Nc2ccc(CN3CCN(C)CC3)cc2)nc2[nH]cc(-c3ccc(OCc4ccc(C)cn4)cc3F)c12. The van der Waals surface area contributed by atoms with Crippen LogP contribution in [0.4, 0.5) is 16.0 Å². The molecule has 3 aromatic heterocycles. The molecule has 1 fully saturated rings. The number of piperazine rings is 1. The fraction of sp³-hybridized carbons (Fsp3) is 0.324. The van der Waals surface area contributed by atoms with Gasteiger partial charge in [-0.3, -0.25) is 9.88 Å².